The third kappa shape index (κ3) is 3.67. The first-order valence-corrected chi connectivity index (χ1v) is 7.13. The minimum Gasteiger partial charge on any atom is -0.337 e. The summed E-state index contributed by atoms with van der Waals surface area (Å²) in [4.78, 5) is 13.8. The van der Waals surface area contributed by atoms with E-state index in [1.807, 2.05) is 19.1 Å². The minimum atomic E-state index is -0.652. The van der Waals surface area contributed by atoms with Crippen LogP contribution in [0.2, 0.25) is 0 Å². The molecule has 2 rings (SSSR count). The molecular weight excluding hydrogens is 340 g/mol. The van der Waals surface area contributed by atoms with Crippen LogP contribution in [-0.2, 0) is 6.54 Å². The number of benzene rings is 2. The van der Waals surface area contributed by atoms with Gasteiger partial charge in [-0.2, -0.15) is 0 Å². The topological polar surface area (TPSA) is 20.3 Å². The smallest absolute Gasteiger partial charge is 0.254 e. The Kier molecular flexibility index (Phi) is 4.73. The highest BCUT2D eigenvalue weighted by Gasteiger charge is 2.16. The molecule has 0 unspecified atom stereocenters. The Bertz CT molecular complexity index is 688. The Hall–Kier alpha value is -1.75. The van der Waals surface area contributed by atoms with E-state index in [0.29, 0.717) is 5.56 Å². The van der Waals surface area contributed by atoms with Gasteiger partial charge in [0.15, 0.2) is 0 Å². The molecule has 0 saturated heterocycles. The zero-order valence-corrected chi connectivity index (χ0v) is 13.2. The highest BCUT2D eigenvalue weighted by molar-refractivity contribution is 9.10. The van der Waals surface area contributed by atoms with Gasteiger partial charge in [-0.15, -0.1) is 0 Å². The van der Waals surface area contributed by atoms with Gasteiger partial charge >= 0.3 is 0 Å². The van der Waals surface area contributed by atoms with Gasteiger partial charge in [-0.3, -0.25) is 4.79 Å². The van der Waals surface area contributed by atoms with Gasteiger partial charge in [-0.05, 0) is 30.7 Å². The van der Waals surface area contributed by atoms with Gasteiger partial charge in [0.2, 0.25) is 0 Å². The molecule has 0 spiro atoms. The summed E-state index contributed by atoms with van der Waals surface area (Å²) in [6.07, 6.45) is 0. The van der Waals surface area contributed by atoms with Crippen LogP contribution in [0.3, 0.4) is 0 Å². The molecule has 0 N–H and O–H groups in total. The predicted octanol–water partition coefficient (Wildman–Crippen LogP) is 4.31. The van der Waals surface area contributed by atoms with Crippen molar-refractivity contribution < 1.29 is 13.6 Å². The van der Waals surface area contributed by atoms with Crippen LogP contribution in [0.1, 0.15) is 21.5 Å². The van der Waals surface area contributed by atoms with Crippen LogP contribution in [0.25, 0.3) is 0 Å². The number of carbonyl (C=O) groups is 1. The lowest BCUT2D eigenvalue weighted by atomic mass is 10.1. The van der Waals surface area contributed by atoms with Crippen LogP contribution in [0.5, 0.6) is 0 Å². The van der Waals surface area contributed by atoms with Gasteiger partial charge in [0, 0.05) is 35.3 Å². The molecule has 0 aliphatic carbocycles. The number of carbonyl (C=O) groups excluding carboxylic acids is 1. The van der Waals surface area contributed by atoms with E-state index in [4.69, 9.17) is 0 Å². The Balaban J connectivity index is 2.21. The number of nitrogens with zero attached hydrogens (tertiary/aromatic N) is 1. The molecule has 0 atom stereocenters. The fourth-order valence-electron chi connectivity index (χ4n) is 2.01. The molecule has 1 amide bonds. The molecule has 0 fully saturated rings. The van der Waals surface area contributed by atoms with Crippen LogP contribution < -0.4 is 0 Å². The third-order valence-corrected chi connectivity index (χ3v) is 3.69. The summed E-state index contributed by atoms with van der Waals surface area (Å²) >= 11 is 3.33. The van der Waals surface area contributed by atoms with Crippen molar-refractivity contribution in [1.29, 1.82) is 0 Å². The first-order valence-electron chi connectivity index (χ1n) is 6.34. The fraction of sp³-hybridized carbons (Fsp3) is 0.188. The summed E-state index contributed by atoms with van der Waals surface area (Å²) in [5, 5.41) is 0. The second-order valence-electron chi connectivity index (χ2n) is 4.86. The minimum absolute atomic E-state index is 0.0803. The van der Waals surface area contributed by atoms with E-state index < -0.39 is 11.6 Å². The van der Waals surface area contributed by atoms with Gasteiger partial charge in [0.25, 0.3) is 5.91 Å². The molecule has 0 bridgehead atoms. The molecule has 2 nitrogen and oxygen atoms in total. The van der Waals surface area contributed by atoms with E-state index >= 15 is 0 Å². The fourth-order valence-corrected chi connectivity index (χ4v) is 2.37. The molecule has 0 radical (unpaired) electrons. The molecule has 21 heavy (non-hydrogen) atoms. The van der Waals surface area contributed by atoms with Gasteiger partial charge in [0.1, 0.15) is 11.6 Å². The lowest BCUT2D eigenvalue weighted by molar-refractivity contribution is 0.0783. The molecule has 0 saturated carbocycles. The molecule has 0 aromatic heterocycles. The van der Waals surface area contributed by atoms with Crippen molar-refractivity contribution in [2.45, 2.75) is 13.5 Å². The van der Waals surface area contributed by atoms with E-state index in [2.05, 4.69) is 15.9 Å². The highest BCUT2D eigenvalue weighted by atomic mass is 79.9. The van der Waals surface area contributed by atoms with Crippen LogP contribution in [0.15, 0.2) is 40.9 Å². The van der Waals surface area contributed by atoms with E-state index in [9.17, 15) is 13.6 Å². The van der Waals surface area contributed by atoms with E-state index in [1.54, 1.807) is 13.1 Å². The zero-order chi connectivity index (χ0) is 15.6. The SMILES string of the molecule is Cc1ccc(Br)cc1C(=O)N(C)Cc1ccc(F)cc1F. The Morgan fingerprint density at radius 2 is 1.90 bits per heavy atom. The Morgan fingerprint density at radius 1 is 1.19 bits per heavy atom. The second kappa shape index (κ2) is 6.35. The van der Waals surface area contributed by atoms with Crippen LogP contribution in [0.4, 0.5) is 8.78 Å². The van der Waals surface area contributed by atoms with Gasteiger partial charge in [-0.25, -0.2) is 8.78 Å². The number of aryl methyl sites for hydroxylation is 1. The molecule has 2 aromatic carbocycles. The molecular formula is C16H14BrF2NO. The second-order valence-corrected chi connectivity index (χ2v) is 5.77. The van der Waals surface area contributed by atoms with Crippen molar-refractivity contribution in [2.75, 3.05) is 7.05 Å². The lowest BCUT2D eigenvalue weighted by Gasteiger charge is -2.19. The highest BCUT2D eigenvalue weighted by Crippen LogP contribution is 2.19. The first-order chi connectivity index (χ1) is 9.88. The summed E-state index contributed by atoms with van der Waals surface area (Å²) in [6.45, 7) is 1.92. The zero-order valence-electron chi connectivity index (χ0n) is 11.7. The number of hydrogen-bond donors (Lipinski definition) is 0. The number of rotatable bonds is 3. The van der Waals surface area contributed by atoms with E-state index in [1.165, 1.54) is 17.0 Å². The number of halogens is 3. The average Bonchev–Trinajstić information content (AvgIpc) is 2.43. The molecule has 0 aliphatic heterocycles. The van der Waals surface area contributed by atoms with Gasteiger partial charge in [0.05, 0.1) is 0 Å². The summed E-state index contributed by atoms with van der Waals surface area (Å²) in [6, 6.07) is 8.77. The maximum Gasteiger partial charge on any atom is 0.254 e. The normalized spacial score (nSPS) is 10.5. The van der Waals surface area contributed by atoms with Gasteiger partial charge in [-0.1, -0.05) is 28.1 Å². The molecule has 110 valence electrons. The molecule has 0 aliphatic rings. The van der Waals surface area contributed by atoms with Crippen molar-refractivity contribution in [3.05, 3.63) is 69.2 Å². The van der Waals surface area contributed by atoms with Crippen molar-refractivity contribution in [3.63, 3.8) is 0 Å². The Morgan fingerprint density at radius 3 is 2.57 bits per heavy atom. The third-order valence-electron chi connectivity index (χ3n) is 3.20. The van der Waals surface area contributed by atoms with Crippen LogP contribution >= 0.6 is 15.9 Å². The summed E-state index contributed by atoms with van der Waals surface area (Å²) in [5.74, 6) is -1.49. The monoisotopic (exact) mass is 353 g/mol. The largest absolute Gasteiger partial charge is 0.337 e. The lowest BCUT2D eigenvalue weighted by Crippen LogP contribution is -2.27. The maximum absolute atomic E-state index is 13.6. The van der Waals surface area contributed by atoms with Crippen LogP contribution in [-0.4, -0.2) is 17.9 Å². The molecule has 5 heteroatoms. The standard InChI is InChI=1S/C16H14BrF2NO/c1-10-3-5-12(17)7-14(10)16(21)20(2)9-11-4-6-13(18)8-15(11)19/h3-8H,9H2,1-2H3. The average molecular weight is 354 g/mol. The quantitative estimate of drug-likeness (QED) is 0.805. The van der Waals surface area contributed by atoms with Crippen molar-refractivity contribution in [2.24, 2.45) is 0 Å². The van der Waals surface area contributed by atoms with Crippen molar-refractivity contribution >= 4 is 21.8 Å². The Labute approximate surface area is 130 Å². The maximum atomic E-state index is 13.6. The number of hydrogen-bond acceptors (Lipinski definition) is 1. The van der Waals surface area contributed by atoms with Gasteiger partial charge < -0.3 is 4.90 Å². The van der Waals surface area contributed by atoms with Crippen LogP contribution in [0, 0.1) is 18.6 Å². The molecule has 2 aromatic rings. The summed E-state index contributed by atoms with van der Waals surface area (Å²) in [5.41, 5.74) is 1.67. The van der Waals surface area contributed by atoms with E-state index in [-0.39, 0.29) is 18.0 Å². The van der Waals surface area contributed by atoms with Crippen molar-refractivity contribution in [1.82, 2.24) is 4.90 Å². The van der Waals surface area contributed by atoms with Crippen molar-refractivity contribution in [3.8, 4) is 0 Å². The first kappa shape index (κ1) is 15.6. The summed E-state index contributed by atoms with van der Waals surface area (Å²) in [7, 11) is 1.59. The summed E-state index contributed by atoms with van der Waals surface area (Å²) < 4.78 is 27.3. The predicted molar refractivity (Wildman–Crippen MR) is 81.0 cm³/mol. The molecule has 0 heterocycles. The van der Waals surface area contributed by atoms with E-state index in [0.717, 1.165) is 16.1 Å². The number of amides is 1.